The number of nitrogens with one attached hydrogen (secondary N) is 1. The van der Waals surface area contributed by atoms with E-state index in [1.807, 2.05) is 31.2 Å². The lowest BCUT2D eigenvalue weighted by molar-refractivity contribution is -0.119. The van der Waals surface area contributed by atoms with E-state index in [4.69, 9.17) is 9.47 Å². The van der Waals surface area contributed by atoms with E-state index in [1.165, 1.54) is 0 Å². The highest BCUT2D eigenvalue weighted by molar-refractivity contribution is 7.92. The standard InChI is InChI=1S/C21H28N2O5S/c1-4-28-20-12-6-10-18(15-20)23(29(3,25)26)16-21(24)22-13-7-9-17-8-5-11-19(14-17)27-2/h5-6,8,10-12,14-15H,4,7,9,13,16H2,1-3H3,(H,22,24). The van der Waals surface area contributed by atoms with E-state index in [9.17, 15) is 13.2 Å². The number of nitrogens with zero attached hydrogens (tertiary/aromatic N) is 1. The lowest BCUT2D eigenvalue weighted by atomic mass is 10.1. The minimum Gasteiger partial charge on any atom is -0.497 e. The Morgan fingerprint density at radius 3 is 2.52 bits per heavy atom. The minimum atomic E-state index is -3.62. The maximum Gasteiger partial charge on any atom is 0.240 e. The number of hydrogen-bond acceptors (Lipinski definition) is 5. The Labute approximate surface area is 172 Å². The molecular formula is C21H28N2O5S. The van der Waals surface area contributed by atoms with Gasteiger partial charge in [-0.15, -0.1) is 0 Å². The van der Waals surface area contributed by atoms with Gasteiger partial charge in [0.05, 0.1) is 25.7 Å². The predicted octanol–water partition coefficient (Wildman–Crippen LogP) is 2.61. The van der Waals surface area contributed by atoms with Crippen LogP contribution in [0, 0.1) is 0 Å². The van der Waals surface area contributed by atoms with Crippen LogP contribution in [0.4, 0.5) is 5.69 Å². The van der Waals surface area contributed by atoms with Crippen LogP contribution in [0.25, 0.3) is 0 Å². The summed E-state index contributed by atoms with van der Waals surface area (Å²) in [6.07, 6.45) is 2.59. The molecule has 0 saturated carbocycles. The van der Waals surface area contributed by atoms with Crippen molar-refractivity contribution in [1.29, 1.82) is 0 Å². The molecule has 0 spiro atoms. The van der Waals surface area contributed by atoms with E-state index in [0.717, 1.165) is 34.7 Å². The number of ether oxygens (including phenoxy) is 2. The second-order valence-corrected chi connectivity index (χ2v) is 8.41. The molecule has 0 saturated heterocycles. The van der Waals surface area contributed by atoms with Crippen LogP contribution in [-0.2, 0) is 21.2 Å². The first-order valence-electron chi connectivity index (χ1n) is 9.43. The molecule has 2 aromatic carbocycles. The van der Waals surface area contributed by atoms with Crippen LogP contribution in [0.1, 0.15) is 18.9 Å². The minimum absolute atomic E-state index is 0.284. The summed E-state index contributed by atoms with van der Waals surface area (Å²) in [4.78, 5) is 12.3. The Morgan fingerprint density at radius 1 is 1.10 bits per heavy atom. The molecule has 0 aliphatic carbocycles. The normalized spacial score (nSPS) is 11.0. The Hall–Kier alpha value is -2.74. The molecule has 1 N–H and O–H groups in total. The van der Waals surface area contributed by atoms with E-state index < -0.39 is 10.0 Å². The third kappa shape index (κ3) is 7.30. The van der Waals surface area contributed by atoms with Gasteiger partial charge in [-0.1, -0.05) is 18.2 Å². The number of hydrogen-bond donors (Lipinski definition) is 1. The summed E-state index contributed by atoms with van der Waals surface area (Å²) in [5.74, 6) is 0.991. The smallest absolute Gasteiger partial charge is 0.240 e. The molecule has 2 rings (SSSR count). The van der Waals surface area contributed by atoms with Crippen LogP contribution < -0.4 is 19.1 Å². The average molecular weight is 421 g/mol. The van der Waals surface area contributed by atoms with Crippen molar-refractivity contribution in [3.05, 3.63) is 54.1 Å². The second kappa shape index (κ2) is 10.7. The molecule has 0 heterocycles. The highest BCUT2D eigenvalue weighted by Gasteiger charge is 2.21. The highest BCUT2D eigenvalue weighted by atomic mass is 32.2. The zero-order valence-corrected chi connectivity index (χ0v) is 17.9. The number of carbonyl (C=O) groups is 1. The molecule has 7 nitrogen and oxygen atoms in total. The number of aryl methyl sites for hydroxylation is 1. The van der Waals surface area contributed by atoms with Gasteiger partial charge in [-0.2, -0.15) is 0 Å². The first-order chi connectivity index (χ1) is 13.8. The van der Waals surface area contributed by atoms with Gasteiger partial charge in [0, 0.05) is 12.6 Å². The van der Waals surface area contributed by atoms with Gasteiger partial charge in [-0.05, 0) is 49.6 Å². The van der Waals surface area contributed by atoms with E-state index >= 15 is 0 Å². The van der Waals surface area contributed by atoms with E-state index in [0.29, 0.717) is 24.6 Å². The van der Waals surface area contributed by atoms with Gasteiger partial charge in [0.15, 0.2) is 0 Å². The maximum atomic E-state index is 12.3. The van der Waals surface area contributed by atoms with Gasteiger partial charge in [0.1, 0.15) is 18.0 Å². The van der Waals surface area contributed by atoms with Gasteiger partial charge < -0.3 is 14.8 Å². The van der Waals surface area contributed by atoms with E-state index in [1.54, 1.807) is 31.4 Å². The molecule has 8 heteroatoms. The van der Waals surface area contributed by atoms with E-state index in [-0.39, 0.29) is 12.5 Å². The fraction of sp³-hybridized carbons (Fsp3) is 0.381. The quantitative estimate of drug-likeness (QED) is 0.565. The third-order valence-corrected chi connectivity index (χ3v) is 5.34. The molecule has 1 amide bonds. The van der Waals surface area contributed by atoms with Crippen molar-refractivity contribution in [3.63, 3.8) is 0 Å². The van der Waals surface area contributed by atoms with Gasteiger partial charge in [0.25, 0.3) is 0 Å². The Morgan fingerprint density at radius 2 is 1.83 bits per heavy atom. The molecule has 0 aromatic heterocycles. The number of anilines is 1. The largest absolute Gasteiger partial charge is 0.497 e. The summed E-state index contributed by atoms with van der Waals surface area (Å²) in [5.41, 5.74) is 1.51. The summed E-state index contributed by atoms with van der Waals surface area (Å²) in [6.45, 7) is 2.48. The van der Waals surface area contributed by atoms with Crippen LogP contribution in [-0.4, -0.2) is 47.4 Å². The fourth-order valence-electron chi connectivity index (χ4n) is 2.83. The number of methoxy groups -OCH3 is 1. The van der Waals surface area contributed by atoms with Crippen molar-refractivity contribution >= 4 is 21.6 Å². The molecule has 0 bridgehead atoms. The Balaban J connectivity index is 1.92. The monoisotopic (exact) mass is 420 g/mol. The Bertz CT molecular complexity index is 915. The number of amides is 1. The van der Waals surface area contributed by atoms with Crippen LogP contribution in [0.2, 0.25) is 0 Å². The predicted molar refractivity (Wildman–Crippen MR) is 114 cm³/mol. The summed E-state index contributed by atoms with van der Waals surface area (Å²) < 4.78 is 36.1. The molecule has 0 unspecified atom stereocenters. The topological polar surface area (TPSA) is 84.9 Å². The van der Waals surface area contributed by atoms with Crippen molar-refractivity contribution in [2.75, 3.05) is 37.4 Å². The number of rotatable bonds is 11. The molecule has 0 aliphatic rings. The van der Waals surface area contributed by atoms with Crippen molar-refractivity contribution in [2.24, 2.45) is 0 Å². The Kier molecular flexibility index (Phi) is 8.33. The van der Waals surface area contributed by atoms with Crippen LogP contribution in [0.15, 0.2) is 48.5 Å². The highest BCUT2D eigenvalue weighted by Crippen LogP contribution is 2.23. The van der Waals surface area contributed by atoms with Gasteiger partial charge in [0.2, 0.25) is 15.9 Å². The maximum absolute atomic E-state index is 12.3. The first-order valence-corrected chi connectivity index (χ1v) is 11.3. The van der Waals surface area contributed by atoms with Crippen molar-refractivity contribution in [3.8, 4) is 11.5 Å². The summed E-state index contributed by atoms with van der Waals surface area (Å²) in [6, 6.07) is 14.5. The van der Waals surface area contributed by atoms with Crippen LogP contribution in [0.5, 0.6) is 11.5 Å². The van der Waals surface area contributed by atoms with Crippen LogP contribution in [0.3, 0.4) is 0 Å². The lowest BCUT2D eigenvalue weighted by Gasteiger charge is -2.22. The lowest BCUT2D eigenvalue weighted by Crippen LogP contribution is -2.40. The van der Waals surface area contributed by atoms with Gasteiger partial charge >= 0.3 is 0 Å². The van der Waals surface area contributed by atoms with Gasteiger partial charge in [-0.3, -0.25) is 9.10 Å². The number of carbonyl (C=O) groups excluding carboxylic acids is 1. The molecule has 0 fully saturated rings. The van der Waals surface area contributed by atoms with Crippen molar-refractivity contribution in [2.45, 2.75) is 19.8 Å². The number of sulfonamides is 1. The third-order valence-electron chi connectivity index (χ3n) is 4.20. The summed E-state index contributed by atoms with van der Waals surface area (Å²) in [5, 5.41) is 2.79. The second-order valence-electron chi connectivity index (χ2n) is 6.51. The molecule has 29 heavy (non-hydrogen) atoms. The average Bonchev–Trinajstić information content (AvgIpc) is 2.69. The first kappa shape index (κ1) is 22.5. The molecule has 2 aromatic rings. The molecule has 0 atom stereocenters. The number of benzene rings is 2. The SMILES string of the molecule is CCOc1cccc(N(CC(=O)NCCCc2cccc(OC)c2)S(C)(=O)=O)c1. The van der Waals surface area contributed by atoms with Crippen LogP contribution >= 0.6 is 0 Å². The zero-order valence-electron chi connectivity index (χ0n) is 17.1. The fourth-order valence-corrected chi connectivity index (χ4v) is 3.68. The molecule has 0 radical (unpaired) electrons. The van der Waals surface area contributed by atoms with Crippen molar-refractivity contribution < 1.29 is 22.7 Å². The summed E-state index contributed by atoms with van der Waals surface area (Å²) in [7, 11) is -2.00. The van der Waals surface area contributed by atoms with Crippen molar-refractivity contribution in [1.82, 2.24) is 5.32 Å². The van der Waals surface area contributed by atoms with Gasteiger partial charge in [-0.25, -0.2) is 8.42 Å². The summed E-state index contributed by atoms with van der Waals surface area (Å²) >= 11 is 0. The van der Waals surface area contributed by atoms with E-state index in [2.05, 4.69) is 5.32 Å². The zero-order chi connectivity index (χ0) is 21.3. The molecule has 0 aliphatic heterocycles. The molecular weight excluding hydrogens is 392 g/mol. The molecule has 158 valence electrons.